The molecule has 1 atom stereocenters. The van der Waals surface area contributed by atoms with Crippen molar-refractivity contribution in [3.8, 4) is 6.07 Å². The van der Waals surface area contributed by atoms with Crippen LogP contribution in [-0.2, 0) is 12.0 Å². The number of hydrogen-bond donors (Lipinski definition) is 1. The van der Waals surface area contributed by atoms with Crippen LogP contribution in [0.15, 0.2) is 18.2 Å². The zero-order chi connectivity index (χ0) is 14.0. The summed E-state index contributed by atoms with van der Waals surface area (Å²) in [5.74, 6) is 0. The Morgan fingerprint density at radius 3 is 2.95 bits per heavy atom. The number of aryl methyl sites for hydroxylation is 1. The molecule has 1 aromatic rings. The minimum absolute atomic E-state index is 0.239. The van der Waals surface area contributed by atoms with Gasteiger partial charge in [0.15, 0.2) is 5.54 Å². The number of nitrogens with one attached hydrogen (secondary N) is 1. The van der Waals surface area contributed by atoms with Crippen molar-refractivity contribution < 1.29 is 4.79 Å². The van der Waals surface area contributed by atoms with Gasteiger partial charge in [-0.2, -0.15) is 5.26 Å². The quantitative estimate of drug-likeness (QED) is 0.793. The molecule has 5 heteroatoms. The molecule has 2 rings (SSSR count). The van der Waals surface area contributed by atoms with Gasteiger partial charge in [0, 0.05) is 18.6 Å². The van der Waals surface area contributed by atoms with Gasteiger partial charge in [-0.05, 0) is 43.0 Å². The molecule has 1 aromatic carbocycles. The predicted molar refractivity (Wildman–Crippen MR) is 73.9 cm³/mol. The molecule has 4 nitrogen and oxygen atoms in total. The Morgan fingerprint density at radius 2 is 2.26 bits per heavy atom. The summed E-state index contributed by atoms with van der Waals surface area (Å²) in [5, 5.41) is 13.0. The van der Waals surface area contributed by atoms with E-state index in [9.17, 15) is 10.1 Å². The molecule has 0 saturated heterocycles. The fourth-order valence-electron chi connectivity index (χ4n) is 2.33. The Bertz CT molecular complexity index is 552. The molecule has 0 fully saturated rings. The lowest BCUT2D eigenvalue weighted by atomic mass is 9.87. The molecule has 0 radical (unpaired) electrons. The number of amides is 2. The molecule has 0 bridgehead atoms. The summed E-state index contributed by atoms with van der Waals surface area (Å²) in [4.78, 5) is 13.5. The van der Waals surface area contributed by atoms with Gasteiger partial charge in [-0.15, -0.1) is 0 Å². The lowest BCUT2D eigenvalue weighted by Crippen LogP contribution is -2.48. The molecule has 19 heavy (non-hydrogen) atoms. The van der Waals surface area contributed by atoms with Crippen LogP contribution in [0.2, 0.25) is 5.02 Å². The van der Waals surface area contributed by atoms with Crippen molar-refractivity contribution in [2.24, 2.45) is 0 Å². The highest BCUT2D eigenvalue weighted by Gasteiger charge is 2.37. The van der Waals surface area contributed by atoms with E-state index >= 15 is 0 Å². The summed E-state index contributed by atoms with van der Waals surface area (Å²) in [6, 6.07) is 7.56. The van der Waals surface area contributed by atoms with E-state index in [1.807, 2.05) is 12.1 Å². The van der Waals surface area contributed by atoms with Crippen LogP contribution in [0.4, 0.5) is 4.79 Å². The Hall–Kier alpha value is -1.73. The normalized spacial score (nSPS) is 23.5. The number of benzene rings is 1. The summed E-state index contributed by atoms with van der Waals surface area (Å²) >= 11 is 6.05. The largest absolute Gasteiger partial charge is 0.338 e. The van der Waals surface area contributed by atoms with Gasteiger partial charge in [-0.3, -0.25) is 0 Å². The highest BCUT2D eigenvalue weighted by atomic mass is 35.5. The van der Waals surface area contributed by atoms with E-state index < -0.39 is 5.54 Å². The third kappa shape index (κ3) is 2.39. The number of rotatable bonds is 0. The van der Waals surface area contributed by atoms with Crippen molar-refractivity contribution in [3.63, 3.8) is 0 Å². The van der Waals surface area contributed by atoms with E-state index in [-0.39, 0.29) is 6.03 Å². The third-order valence-electron chi connectivity index (χ3n) is 3.69. The van der Waals surface area contributed by atoms with Crippen molar-refractivity contribution in [2.75, 3.05) is 13.6 Å². The fourth-order valence-corrected chi connectivity index (χ4v) is 2.50. The SMILES string of the molecule is CN1C(=O)NCCCc2ccc(Cl)cc2[C@]1(C)C#N. The summed E-state index contributed by atoms with van der Waals surface area (Å²) in [5.41, 5.74) is 0.855. The Morgan fingerprint density at radius 1 is 1.53 bits per heavy atom. The first-order chi connectivity index (χ1) is 8.99. The second-order valence-electron chi connectivity index (χ2n) is 4.88. The molecule has 1 heterocycles. The van der Waals surface area contributed by atoms with Gasteiger partial charge in [0.25, 0.3) is 0 Å². The summed E-state index contributed by atoms with van der Waals surface area (Å²) in [7, 11) is 1.63. The highest BCUT2D eigenvalue weighted by molar-refractivity contribution is 6.30. The van der Waals surface area contributed by atoms with Crippen LogP contribution >= 0.6 is 11.6 Å². The third-order valence-corrected chi connectivity index (χ3v) is 3.92. The molecule has 0 aliphatic carbocycles. The van der Waals surface area contributed by atoms with Crippen molar-refractivity contribution in [3.05, 3.63) is 34.3 Å². The number of carbonyl (C=O) groups is 1. The minimum Gasteiger partial charge on any atom is -0.338 e. The molecular formula is C14H16ClN3O. The smallest absolute Gasteiger partial charge is 0.318 e. The zero-order valence-corrected chi connectivity index (χ0v) is 11.8. The van der Waals surface area contributed by atoms with E-state index in [4.69, 9.17) is 11.6 Å². The molecule has 0 aromatic heterocycles. The topological polar surface area (TPSA) is 56.1 Å². The van der Waals surface area contributed by atoms with Crippen LogP contribution in [0.5, 0.6) is 0 Å². The summed E-state index contributed by atoms with van der Waals surface area (Å²) in [6.45, 7) is 2.35. The van der Waals surface area contributed by atoms with Gasteiger partial charge in [0.2, 0.25) is 0 Å². The lowest BCUT2D eigenvalue weighted by molar-refractivity contribution is 0.174. The molecule has 0 unspecified atom stereocenters. The van der Waals surface area contributed by atoms with E-state index in [1.54, 1.807) is 20.0 Å². The maximum absolute atomic E-state index is 12.0. The van der Waals surface area contributed by atoms with Crippen LogP contribution in [0.1, 0.15) is 24.5 Å². The number of fused-ring (bicyclic) bond motifs is 1. The van der Waals surface area contributed by atoms with Crippen LogP contribution < -0.4 is 5.32 Å². The first-order valence-electron chi connectivity index (χ1n) is 6.21. The Labute approximate surface area is 118 Å². The van der Waals surface area contributed by atoms with Crippen LogP contribution in [0.25, 0.3) is 0 Å². The number of nitrogens with zero attached hydrogens (tertiary/aromatic N) is 2. The van der Waals surface area contributed by atoms with Gasteiger partial charge in [0.05, 0.1) is 6.07 Å². The van der Waals surface area contributed by atoms with Crippen molar-refractivity contribution in [1.29, 1.82) is 5.26 Å². The average Bonchev–Trinajstić information content (AvgIpc) is 2.45. The second-order valence-corrected chi connectivity index (χ2v) is 5.32. The fraction of sp³-hybridized carbons (Fsp3) is 0.429. The molecule has 0 spiro atoms. The van der Waals surface area contributed by atoms with Crippen LogP contribution in [0, 0.1) is 11.3 Å². The Balaban J connectivity index is 2.63. The molecule has 1 N–H and O–H groups in total. The standard InChI is InChI=1S/C14H16ClN3O/c1-14(9-16)12-8-11(15)6-5-10(12)4-3-7-17-13(19)18(14)2/h5-6,8H,3-4,7H2,1-2H3,(H,17,19)/t14-/m0/s1. The van der Waals surface area contributed by atoms with Gasteiger partial charge in [-0.1, -0.05) is 17.7 Å². The number of nitriles is 1. The van der Waals surface area contributed by atoms with E-state index in [0.717, 1.165) is 24.0 Å². The number of hydrogen-bond acceptors (Lipinski definition) is 2. The summed E-state index contributed by atoms with van der Waals surface area (Å²) in [6.07, 6.45) is 1.66. The van der Waals surface area contributed by atoms with Crippen molar-refractivity contribution in [2.45, 2.75) is 25.3 Å². The van der Waals surface area contributed by atoms with Crippen LogP contribution in [-0.4, -0.2) is 24.5 Å². The maximum Gasteiger partial charge on any atom is 0.318 e. The van der Waals surface area contributed by atoms with Crippen LogP contribution in [0.3, 0.4) is 0 Å². The van der Waals surface area contributed by atoms with Gasteiger partial charge >= 0.3 is 6.03 Å². The lowest BCUT2D eigenvalue weighted by Gasteiger charge is -2.34. The van der Waals surface area contributed by atoms with Gasteiger partial charge in [-0.25, -0.2) is 4.79 Å². The van der Waals surface area contributed by atoms with E-state index in [2.05, 4.69) is 11.4 Å². The molecule has 1 aliphatic heterocycles. The molecule has 1 aliphatic rings. The molecule has 100 valence electrons. The average molecular weight is 278 g/mol. The molecular weight excluding hydrogens is 262 g/mol. The van der Waals surface area contributed by atoms with Gasteiger partial charge < -0.3 is 10.2 Å². The summed E-state index contributed by atoms with van der Waals surface area (Å²) < 4.78 is 0. The number of halogens is 1. The zero-order valence-electron chi connectivity index (χ0n) is 11.0. The predicted octanol–water partition coefficient (Wildman–Crippen LogP) is 2.67. The molecule has 2 amide bonds. The first-order valence-corrected chi connectivity index (χ1v) is 6.58. The highest BCUT2D eigenvalue weighted by Crippen LogP contribution is 2.32. The second kappa shape index (κ2) is 5.10. The Kier molecular flexibility index (Phi) is 3.68. The van der Waals surface area contributed by atoms with Crippen molar-refractivity contribution in [1.82, 2.24) is 10.2 Å². The number of urea groups is 1. The van der Waals surface area contributed by atoms with E-state index in [1.165, 1.54) is 4.90 Å². The van der Waals surface area contributed by atoms with Gasteiger partial charge in [0.1, 0.15) is 0 Å². The maximum atomic E-state index is 12.0. The van der Waals surface area contributed by atoms with E-state index in [0.29, 0.717) is 11.6 Å². The minimum atomic E-state index is -1.02. The first kappa shape index (κ1) is 13.7. The molecule has 0 saturated carbocycles. The monoisotopic (exact) mass is 277 g/mol. The number of carbonyl (C=O) groups excluding carboxylic acids is 1. The van der Waals surface area contributed by atoms with Crippen molar-refractivity contribution >= 4 is 17.6 Å².